The summed E-state index contributed by atoms with van der Waals surface area (Å²) in [7, 11) is -4.35. The number of carbonyl (C=O) groups excluding carboxylic acids is 1. The highest BCUT2D eigenvalue weighted by Gasteiger charge is 2.24. The van der Waals surface area contributed by atoms with Crippen LogP contribution >= 0.6 is 0 Å². The van der Waals surface area contributed by atoms with Gasteiger partial charge < -0.3 is 10.4 Å². The summed E-state index contributed by atoms with van der Waals surface area (Å²) in [6, 6.07) is -1.08. The molecular formula is C37H65NO5S. The summed E-state index contributed by atoms with van der Waals surface area (Å²) in [5.41, 5.74) is 0. The Balaban J connectivity index is 4.12. The van der Waals surface area contributed by atoms with Crippen molar-refractivity contribution in [3.8, 4) is 0 Å². The molecular weight excluding hydrogens is 570 g/mol. The van der Waals surface area contributed by atoms with Gasteiger partial charge in [0.25, 0.3) is 10.1 Å². The average molecular weight is 636 g/mol. The Bertz CT molecular complexity index is 920. The van der Waals surface area contributed by atoms with E-state index in [0.29, 0.717) is 12.8 Å². The smallest absolute Gasteiger partial charge is 0.267 e. The van der Waals surface area contributed by atoms with Gasteiger partial charge in [0.2, 0.25) is 5.91 Å². The molecule has 2 atom stereocenters. The molecule has 0 heterocycles. The molecule has 0 saturated carbocycles. The topological polar surface area (TPSA) is 104 Å². The SMILES string of the molecule is CC/C=C\C/C=C\C/C=C\CCCCCCCC(=O)NC(CS(=O)(=O)O)C(O)/C=C/CC/C=C/CCCCCCCCCC. The summed E-state index contributed by atoms with van der Waals surface area (Å²) in [5, 5.41) is 13.1. The van der Waals surface area contributed by atoms with Crippen molar-refractivity contribution < 1.29 is 22.9 Å². The van der Waals surface area contributed by atoms with E-state index in [2.05, 4.69) is 67.8 Å². The maximum atomic E-state index is 12.4. The first kappa shape index (κ1) is 42.0. The maximum Gasteiger partial charge on any atom is 0.267 e. The molecule has 0 aliphatic heterocycles. The zero-order valence-electron chi connectivity index (χ0n) is 28.0. The zero-order valence-corrected chi connectivity index (χ0v) is 28.8. The Hall–Kier alpha value is -1.96. The second-order valence-corrected chi connectivity index (χ2v) is 13.3. The van der Waals surface area contributed by atoms with E-state index >= 15 is 0 Å². The molecule has 6 nitrogen and oxygen atoms in total. The number of hydrogen-bond acceptors (Lipinski definition) is 4. The number of amides is 1. The van der Waals surface area contributed by atoms with Gasteiger partial charge in [-0.3, -0.25) is 9.35 Å². The molecule has 0 aromatic carbocycles. The van der Waals surface area contributed by atoms with E-state index in [-0.39, 0.29) is 12.3 Å². The lowest BCUT2D eigenvalue weighted by molar-refractivity contribution is -0.122. The molecule has 44 heavy (non-hydrogen) atoms. The van der Waals surface area contributed by atoms with Crippen LogP contribution in [0.4, 0.5) is 0 Å². The summed E-state index contributed by atoms with van der Waals surface area (Å²) < 4.78 is 32.3. The van der Waals surface area contributed by atoms with Crippen LogP contribution in [0.5, 0.6) is 0 Å². The fourth-order valence-electron chi connectivity index (χ4n) is 4.83. The van der Waals surface area contributed by atoms with E-state index in [1.807, 2.05) is 0 Å². The van der Waals surface area contributed by atoms with Crippen LogP contribution in [0, 0.1) is 0 Å². The predicted octanol–water partition coefficient (Wildman–Crippen LogP) is 9.73. The fraction of sp³-hybridized carbons (Fsp3) is 0.703. The van der Waals surface area contributed by atoms with E-state index in [1.165, 1.54) is 57.4 Å². The third-order valence-electron chi connectivity index (χ3n) is 7.43. The van der Waals surface area contributed by atoms with Crippen molar-refractivity contribution in [1.82, 2.24) is 5.32 Å². The largest absolute Gasteiger partial charge is 0.387 e. The van der Waals surface area contributed by atoms with E-state index in [1.54, 1.807) is 6.08 Å². The summed E-state index contributed by atoms with van der Waals surface area (Å²) >= 11 is 0. The van der Waals surface area contributed by atoms with Crippen molar-refractivity contribution >= 4 is 16.0 Å². The van der Waals surface area contributed by atoms with Gasteiger partial charge in [-0.15, -0.1) is 0 Å². The normalized spacial score (nSPS) is 14.2. The highest BCUT2D eigenvalue weighted by Crippen LogP contribution is 2.11. The summed E-state index contributed by atoms with van der Waals surface area (Å²) in [4.78, 5) is 12.4. The van der Waals surface area contributed by atoms with Crippen LogP contribution < -0.4 is 5.32 Å². The second-order valence-electron chi connectivity index (χ2n) is 11.8. The molecule has 0 aromatic heterocycles. The second kappa shape index (κ2) is 31.0. The number of carbonyl (C=O) groups is 1. The van der Waals surface area contributed by atoms with Crippen LogP contribution in [0.15, 0.2) is 60.8 Å². The average Bonchev–Trinajstić information content (AvgIpc) is 2.98. The number of aliphatic hydroxyl groups is 1. The molecule has 0 bridgehead atoms. The first-order valence-corrected chi connectivity index (χ1v) is 19.1. The molecule has 0 aliphatic carbocycles. The van der Waals surface area contributed by atoms with Gasteiger partial charge in [-0.2, -0.15) is 8.42 Å². The van der Waals surface area contributed by atoms with Gasteiger partial charge >= 0.3 is 0 Å². The first-order chi connectivity index (χ1) is 21.3. The minimum atomic E-state index is -4.35. The molecule has 1 amide bonds. The molecule has 2 unspecified atom stereocenters. The molecule has 0 aromatic rings. The minimum absolute atomic E-state index is 0.266. The zero-order chi connectivity index (χ0) is 32.6. The number of nitrogens with one attached hydrogen (secondary N) is 1. The van der Waals surface area contributed by atoms with Gasteiger partial charge in [0, 0.05) is 6.42 Å². The van der Waals surface area contributed by atoms with Crippen molar-refractivity contribution in [3.05, 3.63) is 60.8 Å². The van der Waals surface area contributed by atoms with Gasteiger partial charge in [0.15, 0.2) is 0 Å². The molecule has 0 spiro atoms. The Morgan fingerprint density at radius 3 is 1.70 bits per heavy atom. The van der Waals surface area contributed by atoms with Crippen molar-refractivity contribution in [2.24, 2.45) is 0 Å². The Morgan fingerprint density at radius 2 is 1.11 bits per heavy atom. The van der Waals surface area contributed by atoms with Crippen LogP contribution in [0.1, 0.15) is 149 Å². The number of aliphatic hydroxyl groups excluding tert-OH is 1. The van der Waals surface area contributed by atoms with Crippen LogP contribution in [0.25, 0.3) is 0 Å². The molecule has 0 fully saturated rings. The summed E-state index contributed by atoms with van der Waals surface area (Å²) in [6.07, 6.45) is 42.0. The molecule has 0 aliphatic rings. The fourth-order valence-corrected chi connectivity index (χ4v) is 5.56. The van der Waals surface area contributed by atoms with Crippen molar-refractivity contribution in [3.63, 3.8) is 0 Å². The lowest BCUT2D eigenvalue weighted by atomic mass is 10.1. The van der Waals surface area contributed by atoms with Crippen LogP contribution in [0.2, 0.25) is 0 Å². The van der Waals surface area contributed by atoms with Gasteiger partial charge in [-0.05, 0) is 64.2 Å². The van der Waals surface area contributed by atoms with Crippen molar-refractivity contribution in [2.75, 3.05) is 5.75 Å². The molecule has 0 radical (unpaired) electrons. The first-order valence-electron chi connectivity index (χ1n) is 17.5. The van der Waals surface area contributed by atoms with E-state index < -0.39 is 28.0 Å². The summed E-state index contributed by atoms with van der Waals surface area (Å²) in [5.74, 6) is -1.03. The minimum Gasteiger partial charge on any atom is -0.387 e. The number of rotatable bonds is 30. The van der Waals surface area contributed by atoms with Gasteiger partial charge in [0.05, 0.1) is 17.9 Å². The number of hydrogen-bond donors (Lipinski definition) is 3. The Morgan fingerprint density at radius 1 is 0.636 bits per heavy atom. The van der Waals surface area contributed by atoms with E-state index in [9.17, 15) is 22.9 Å². The lowest BCUT2D eigenvalue weighted by Gasteiger charge is -2.21. The highest BCUT2D eigenvalue weighted by molar-refractivity contribution is 7.85. The van der Waals surface area contributed by atoms with Gasteiger partial charge in [-0.1, -0.05) is 139 Å². The molecule has 7 heteroatoms. The molecule has 0 saturated heterocycles. The monoisotopic (exact) mass is 635 g/mol. The van der Waals surface area contributed by atoms with E-state index in [0.717, 1.165) is 64.2 Å². The molecule has 254 valence electrons. The summed E-state index contributed by atoms with van der Waals surface area (Å²) in [6.45, 7) is 4.38. The quantitative estimate of drug-likeness (QED) is 0.0414. The van der Waals surface area contributed by atoms with Crippen LogP contribution in [-0.4, -0.2) is 41.9 Å². The number of allylic oxidation sites excluding steroid dienone is 9. The Labute approximate surface area is 271 Å². The van der Waals surface area contributed by atoms with Crippen LogP contribution in [-0.2, 0) is 14.9 Å². The standard InChI is InChI=1S/C37H65NO5S/c1-3-5-7-9-11-13-15-17-19-21-23-25-27-29-31-33-37(40)38-35(34-44(41,42)43)36(39)32-30-28-26-24-22-20-18-16-14-12-10-8-6-4-2/h5,7,11,13,17,19,22,24,30,32,35-36,39H,3-4,6,8-10,12,14-16,18,20-21,23,25-29,31,33-34H2,1-2H3,(H,38,40)(H,41,42,43)/b7-5-,13-11-,19-17-,24-22+,32-30+. The molecule has 0 rings (SSSR count). The van der Waals surface area contributed by atoms with Gasteiger partial charge in [0.1, 0.15) is 0 Å². The molecule has 3 N–H and O–H groups in total. The van der Waals surface area contributed by atoms with Crippen molar-refractivity contribution in [1.29, 1.82) is 0 Å². The third kappa shape index (κ3) is 31.5. The predicted molar refractivity (Wildman–Crippen MR) is 188 cm³/mol. The van der Waals surface area contributed by atoms with Crippen LogP contribution in [0.3, 0.4) is 0 Å². The van der Waals surface area contributed by atoms with Crippen molar-refractivity contribution in [2.45, 2.75) is 161 Å². The number of unbranched alkanes of at least 4 members (excludes halogenated alkanes) is 14. The Kier molecular flexibility index (Phi) is 29.7. The highest BCUT2D eigenvalue weighted by atomic mass is 32.2. The lowest BCUT2D eigenvalue weighted by Crippen LogP contribution is -2.46. The van der Waals surface area contributed by atoms with E-state index in [4.69, 9.17) is 0 Å². The maximum absolute atomic E-state index is 12.4. The third-order valence-corrected chi connectivity index (χ3v) is 8.21. The van der Waals surface area contributed by atoms with Gasteiger partial charge in [-0.25, -0.2) is 0 Å².